The lowest BCUT2D eigenvalue weighted by molar-refractivity contribution is 0.271. The van der Waals surface area contributed by atoms with Crippen LogP contribution in [0.5, 0.6) is 11.5 Å². The zero-order valence-electron chi connectivity index (χ0n) is 12.9. The topological polar surface area (TPSA) is 81.9 Å². The number of hydrogen-bond acceptors (Lipinski definition) is 5. The SMILES string of the molecule is Cl.NCC1CCCN(S(=O)(=O)c2ccc3c(c2)OCCCO3)C1. The average molecular weight is 363 g/mol. The van der Waals surface area contributed by atoms with Crippen molar-refractivity contribution in [2.75, 3.05) is 32.8 Å². The lowest BCUT2D eigenvalue weighted by Gasteiger charge is -2.31. The molecule has 0 saturated carbocycles. The van der Waals surface area contributed by atoms with Gasteiger partial charge in [-0.25, -0.2) is 8.42 Å². The Hall–Kier alpha value is -1.02. The maximum absolute atomic E-state index is 12.8. The third kappa shape index (κ3) is 3.91. The molecule has 0 aliphatic carbocycles. The predicted octanol–water partition coefficient (Wildman–Crippen LogP) is 1.63. The van der Waals surface area contributed by atoms with Crippen LogP contribution in [0.1, 0.15) is 19.3 Å². The van der Waals surface area contributed by atoms with E-state index in [4.69, 9.17) is 15.2 Å². The highest BCUT2D eigenvalue weighted by Crippen LogP contribution is 2.33. The van der Waals surface area contributed by atoms with Gasteiger partial charge in [0.1, 0.15) is 0 Å². The van der Waals surface area contributed by atoms with Crippen molar-refractivity contribution in [3.63, 3.8) is 0 Å². The van der Waals surface area contributed by atoms with Crippen LogP contribution < -0.4 is 15.2 Å². The Kier molecular flexibility index (Phi) is 6.13. The van der Waals surface area contributed by atoms with Crippen LogP contribution in [-0.4, -0.2) is 45.6 Å². The summed E-state index contributed by atoms with van der Waals surface area (Å²) in [6.45, 7) is 2.69. The number of piperidine rings is 1. The summed E-state index contributed by atoms with van der Waals surface area (Å²) >= 11 is 0. The van der Waals surface area contributed by atoms with Crippen LogP contribution in [0.3, 0.4) is 0 Å². The fourth-order valence-corrected chi connectivity index (χ4v) is 4.46. The Balaban J connectivity index is 0.00000192. The molecule has 23 heavy (non-hydrogen) atoms. The lowest BCUT2D eigenvalue weighted by atomic mass is 10.0. The van der Waals surface area contributed by atoms with Gasteiger partial charge < -0.3 is 15.2 Å². The first kappa shape index (κ1) is 18.3. The molecule has 8 heteroatoms. The van der Waals surface area contributed by atoms with Crippen molar-refractivity contribution in [1.82, 2.24) is 4.31 Å². The van der Waals surface area contributed by atoms with Crippen molar-refractivity contribution >= 4 is 22.4 Å². The Morgan fingerprint density at radius 2 is 1.91 bits per heavy atom. The van der Waals surface area contributed by atoms with E-state index in [1.807, 2.05) is 0 Å². The molecule has 0 spiro atoms. The second-order valence-electron chi connectivity index (χ2n) is 5.77. The average Bonchev–Trinajstić information content (AvgIpc) is 2.79. The summed E-state index contributed by atoms with van der Waals surface area (Å²) in [5.41, 5.74) is 5.70. The fraction of sp³-hybridized carbons (Fsp3) is 0.600. The summed E-state index contributed by atoms with van der Waals surface area (Å²) in [4.78, 5) is 0.259. The van der Waals surface area contributed by atoms with Gasteiger partial charge in [-0.05, 0) is 37.4 Å². The van der Waals surface area contributed by atoms with E-state index in [9.17, 15) is 8.42 Å². The number of fused-ring (bicyclic) bond motifs is 1. The Bertz CT molecular complexity index is 638. The Morgan fingerprint density at radius 3 is 2.65 bits per heavy atom. The second-order valence-corrected chi connectivity index (χ2v) is 7.70. The summed E-state index contributed by atoms with van der Waals surface area (Å²) in [7, 11) is -3.51. The minimum absolute atomic E-state index is 0. The number of nitrogens with zero attached hydrogens (tertiary/aromatic N) is 1. The largest absolute Gasteiger partial charge is 0.490 e. The van der Waals surface area contributed by atoms with Crippen LogP contribution in [0.15, 0.2) is 23.1 Å². The summed E-state index contributed by atoms with van der Waals surface area (Å²) in [6.07, 6.45) is 2.64. The van der Waals surface area contributed by atoms with Gasteiger partial charge in [0.05, 0.1) is 18.1 Å². The van der Waals surface area contributed by atoms with E-state index in [1.54, 1.807) is 18.2 Å². The molecule has 1 aromatic carbocycles. The van der Waals surface area contributed by atoms with Gasteiger partial charge in [0.25, 0.3) is 0 Å². The lowest BCUT2D eigenvalue weighted by Crippen LogP contribution is -2.41. The molecule has 0 amide bonds. The molecular weight excluding hydrogens is 340 g/mol. The molecule has 1 fully saturated rings. The monoisotopic (exact) mass is 362 g/mol. The summed E-state index contributed by atoms with van der Waals surface area (Å²) in [5.74, 6) is 1.35. The van der Waals surface area contributed by atoms with E-state index in [1.165, 1.54) is 4.31 Å². The molecule has 1 atom stereocenters. The number of rotatable bonds is 3. The molecule has 1 saturated heterocycles. The first-order valence-electron chi connectivity index (χ1n) is 7.71. The first-order valence-corrected chi connectivity index (χ1v) is 9.15. The van der Waals surface area contributed by atoms with Gasteiger partial charge in [-0.1, -0.05) is 0 Å². The Morgan fingerprint density at radius 1 is 1.17 bits per heavy atom. The molecule has 3 rings (SSSR count). The molecule has 2 aliphatic rings. The molecule has 2 N–H and O–H groups in total. The number of ether oxygens (including phenoxy) is 2. The van der Waals surface area contributed by atoms with E-state index < -0.39 is 10.0 Å². The highest BCUT2D eigenvalue weighted by atomic mass is 35.5. The summed E-state index contributed by atoms with van der Waals surface area (Å²) in [5, 5.41) is 0. The molecule has 130 valence electrons. The number of hydrogen-bond donors (Lipinski definition) is 1. The standard InChI is InChI=1S/C15H22N2O4S.ClH/c16-10-12-3-1-6-17(11-12)22(18,19)13-4-5-14-15(9-13)21-8-2-7-20-14;/h4-5,9,12H,1-3,6-8,10-11,16H2;1H. The summed E-state index contributed by atoms with van der Waals surface area (Å²) in [6, 6.07) is 4.84. The van der Waals surface area contributed by atoms with E-state index in [0.717, 1.165) is 19.3 Å². The summed E-state index contributed by atoms with van der Waals surface area (Å²) < 4.78 is 38.3. The van der Waals surface area contributed by atoms with Crippen LogP contribution >= 0.6 is 12.4 Å². The normalized spacial score (nSPS) is 22.0. The number of halogens is 1. The van der Waals surface area contributed by atoms with Gasteiger partial charge in [-0.3, -0.25) is 0 Å². The van der Waals surface area contributed by atoms with E-state index in [0.29, 0.717) is 44.3 Å². The molecule has 2 aliphatic heterocycles. The zero-order valence-corrected chi connectivity index (χ0v) is 14.6. The van der Waals surface area contributed by atoms with Gasteiger partial charge in [-0.15, -0.1) is 12.4 Å². The van der Waals surface area contributed by atoms with E-state index in [-0.39, 0.29) is 23.2 Å². The molecule has 6 nitrogen and oxygen atoms in total. The van der Waals surface area contributed by atoms with Gasteiger partial charge in [0.2, 0.25) is 10.0 Å². The van der Waals surface area contributed by atoms with Gasteiger partial charge >= 0.3 is 0 Å². The van der Waals surface area contributed by atoms with Crippen molar-refractivity contribution in [1.29, 1.82) is 0 Å². The fourth-order valence-electron chi connectivity index (χ4n) is 2.89. The third-order valence-corrected chi connectivity index (χ3v) is 6.03. The van der Waals surface area contributed by atoms with Crippen LogP contribution in [0.25, 0.3) is 0 Å². The molecule has 2 heterocycles. The van der Waals surface area contributed by atoms with Gasteiger partial charge in [0, 0.05) is 25.6 Å². The van der Waals surface area contributed by atoms with Crippen LogP contribution in [0, 0.1) is 5.92 Å². The minimum Gasteiger partial charge on any atom is -0.490 e. The number of sulfonamides is 1. The third-order valence-electron chi connectivity index (χ3n) is 4.17. The maximum Gasteiger partial charge on any atom is 0.243 e. The minimum atomic E-state index is -3.51. The smallest absolute Gasteiger partial charge is 0.243 e. The van der Waals surface area contributed by atoms with Crippen molar-refractivity contribution < 1.29 is 17.9 Å². The van der Waals surface area contributed by atoms with Crippen molar-refractivity contribution in [3.05, 3.63) is 18.2 Å². The predicted molar refractivity (Wildman–Crippen MR) is 89.8 cm³/mol. The highest BCUT2D eigenvalue weighted by molar-refractivity contribution is 7.89. The molecule has 1 aromatic rings. The maximum atomic E-state index is 12.8. The molecule has 0 radical (unpaired) electrons. The number of nitrogens with two attached hydrogens (primary N) is 1. The molecule has 1 unspecified atom stereocenters. The molecule has 0 bridgehead atoms. The van der Waals surface area contributed by atoms with E-state index >= 15 is 0 Å². The highest BCUT2D eigenvalue weighted by Gasteiger charge is 2.30. The quantitative estimate of drug-likeness (QED) is 0.883. The molecular formula is C15H23ClN2O4S. The van der Waals surface area contributed by atoms with Crippen molar-refractivity contribution in [2.45, 2.75) is 24.2 Å². The van der Waals surface area contributed by atoms with Crippen LogP contribution in [0.2, 0.25) is 0 Å². The zero-order chi connectivity index (χ0) is 15.6. The van der Waals surface area contributed by atoms with E-state index in [2.05, 4.69) is 0 Å². The van der Waals surface area contributed by atoms with Crippen LogP contribution in [-0.2, 0) is 10.0 Å². The number of benzene rings is 1. The van der Waals surface area contributed by atoms with Gasteiger partial charge in [0.15, 0.2) is 11.5 Å². The van der Waals surface area contributed by atoms with Crippen LogP contribution in [0.4, 0.5) is 0 Å². The Labute approximate surface area is 143 Å². The van der Waals surface area contributed by atoms with Gasteiger partial charge in [-0.2, -0.15) is 4.31 Å². The second kappa shape index (κ2) is 7.70. The first-order chi connectivity index (χ1) is 10.6. The molecule has 0 aromatic heterocycles. The van der Waals surface area contributed by atoms with Crippen molar-refractivity contribution in [3.8, 4) is 11.5 Å². The van der Waals surface area contributed by atoms with Crippen molar-refractivity contribution in [2.24, 2.45) is 11.7 Å².